The number of methoxy groups -OCH3 is 2. The molecular weight excluding hydrogens is 249 g/mol. The summed E-state index contributed by atoms with van der Waals surface area (Å²) in [4.78, 5) is 15.9. The Kier molecular flexibility index (Phi) is 3.75. The molecule has 0 radical (unpaired) electrons. The molecule has 1 aromatic heterocycles. The Bertz CT molecular complexity index is 613. The van der Waals surface area contributed by atoms with Crippen LogP contribution < -0.4 is 9.47 Å². The van der Waals surface area contributed by atoms with Crippen molar-refractivity contribution in [1.82, 2.24) is 4.98 Å². The second-order valence-electron chi connectivity index (χ2n) is 3.73. The third-order valence-electron chi connectivity index (χ3n) is 2.66. The Morgan fingerprint density at radius 3 is 2.58 bits per heavy atom. The van der Waals surface area contributed by atoms with Crippen LogP contribution in [-0.4, -0.2) is 25.0 Å². The van der Waals surface area contributed by atoms with Gasteiger partial charge in [-0.2, -0.15) is 0 Å². The van der Waals surface area contributed by atoms with Crippen LogP contribution >= 0.6 is 0 Å². The van der Waals surface area contributed by atoms with Gasteiger partial charge in [0.05, 0.1) is 31.5 Å². The van der Waals surface area contributed by atoms with Crippen LogP contribution in [0.15, 0.2) is 36.7 Å². The van der Waals surface area contributed by atoms with Crippen LogP contribution in [0.1, 0.15) is 15.9 Å². The van der Waals surface area contributed by atoms with E-state index in [1.807, 2.05) is 0 Å². The number of nitrogens with zero attached hydrogens (tertiary/aromatic N) is 1. The van der Waals surface area contributed by atoms with Crippen molar-refractivity contribution in [3.05, 3.63) is 53.6 Å². The smallest absolute Gasteiger partial charge is 0.199 e. The molecule has 0 aliphatic heterocycles. The summed E-state index contributed by atoms with van der Waals surface area (Å²) in [5.41, 5.74) is 0.188. The Hall–Kier alpha value is -2.43. The van der Waals surface area contributed by atoms with Crippen LogP contribution in [0.3, 0.4) is 0 Å². The quantitative estimate of drug-likeness (QED) is 0.793. The molecule has 4 nitrogen and oxygen atoms in total. The Morgan fingerprint density at radius 2 is 1.95 bits per heavy atom. The first kappa shape index (κ1) is 13.0. The third-order valence-corrected chi connectivity index (χ3v) is 2.66. The van der Waals surface area contributed by atoms with Gasteiger partial charge in [0.2, 0.25) is 0 Å². The van der Waals surface area contributed by atoms with Crippen molar-refractivity contribution in [3.63, 3.8) is 0 Å². The fourth-order valence-electron chi connectivity index (χ4n) is 1.77. The van der Waals surface area contributed by atoms with Gasteiger partial charge >= 0.3 is 0 Å². The van der Waals surface area contributed by atoms with Gasteiger partial charge in [0.1, 0.15) is 0 Å². The topological polar surface area (TPSA) is 48.4 Å². The molecule has 0 unspecified atom stereocenters. The molecule has 0 bridgehead atoms. The molecule has 0 spiro atoms. The van der Waals surface area contributed by atoms with E-state index >= 15 is 0 Å². The van der Waals surface area contributed by atoms with Crippen LogP contribution in [0.25, 0.3) is 0 Å². The third kappa shape index (κ3) is 2.40. The van der Waals surface area contributed by atoms with Crippen LogP contribution in [-0.2, 0) is 0 Å². The normalized spacial score (nSPS) is 10.1. The van der Waals surface area contributed by atoms with E-state index in [9.17, 15) is 9.18 Å². The largest absolute Gasteiger partial charge is 0.493 e. The minimum Gasteiger partial charge on any atom is -0.493 e. The predicted molar refractivity (Wildman–Crippen MR) is 67.2 cm³/mol. The maximum atomic E-state index is 13.6. The fourth-order valence-corrected chi connectivity index (χ4v) is 1.77. The van der Waals surface area contributed by atoms with Crippen LogP contribution in [0, 0.1) is 5.82 Å². The first-order valence-electron chi connectivity index (χ1n) is 5.54. The minimum atomic E-state index is -0.669. The Balaban J connectivity index is 2.54. The molecule has 2 rings (SSSR count). The molecule has 98 valence electrons. The Morgan fingerprint density at radius 1 is 1.16 bits per heavy atom. The van der Waals surface area contributed by atoms with Crippen molar-refractivity contribution in [3.8, 4) is 11.5 Å². The molecule has 0 N–H and O–H groups in total. The first-order valence-corrected chi connectivity index (χ1v) is 5.54. The van der Waals surface area contributed by atoms with E-state index in [1.54, 1.807) is 18.2 Å². The number of carbonyl (C=O) groups is 1. The summed E-state index contributed by atoms with van der Waals surface area (Å²) in [6.07, 6.45) is 2.36. The molecule has 0 aliphatic carbocycles. The number of rotatable bonds is 4. The number of hydrogen-bond acceptors (Lipinski definition) is 4. The van der Waals surface area contributed by atoms with E-state index < -0.39 is 11.6 Å². The van der Waals surface area contributed by atoms with Gasteiger partial charge in [0, 0.05) is 6.20 Å². The molecule has 1 heterocycles. The Labute approximate surface area is 109 Å². The molecule has 2 aromatic rings. The van der Waals surface area contributed by atoms with E-state index in [-0.39, 0.29) is 16.9 Å². The van der Waals surface area contributed by atoms with Crippen molar-refractivity contribution in [2.75, 3.05) is 14.2 Å². The number of ketones is 1. The molecule has 0 amide bonds. The van der Waals surface area contributed by atoms with Gasteiger partial charge in [-0.3, -0.25) is 9.78 Å². The van der Waals surface area contributed by atoms with Gasteiger partial charge in [-0.1, -0.05) is 6.07 Å². The van der Waals surface area contributed by atoms with Crippen molar-refractivity contribution < 1.29 is 18.7 Å². The van der Waals surface area contributed by atoms with Crippen LogP contribution in [0.2, 0.25) is 0 Å². The van der Waals surface area contributed by atoms with Crippen molar-refractivity contribution in [1.29, 1.82) is 0 Å². The minimum absolute atomic E-state index is 0.0541. The lowest BCUT2D eigenvalue weighted by atomic mass is 10.0. The predicted octanol–water partition coefficient (Wildman–Crippen LogP) is 2.47. The average molecular weight is 261 g/mol. The lowest BCUT2D eigenvalue weighted by Crippen LogP contribution is -2.07. The van der Waals surface area contributed by atoms with Crippen molar-refractivity contribution >= 4 is 5.78 Å². The molecule has 19 heavy (non-hydrogen) atoms. The van der Waals surface area contributed by atoms with Gasteiger partial charge in [-0.05, 0) is 18.2 Å². The van der Waals surface area contributed by atoms with Crippen molar-refractivity contribution in [2.45, 2.75) is 0 Å². The maximum Gasteiger partial charge on any atom is 0.199 e. The van der Waals surface area contributed by atoms with E-state index in [1.165, 1.54) is 26.5 Å². The summed E-state index contributed by atoms with van der Waals surface area (Å²) >= 11 is 0. The lowest BCUT2D eigenvalue weighted by molar-refractivity contribution is 0.103. The zero-order chi connectivity index (χ0) is 13.8. The van der Waals surface area contributed by atoms with Gasteiger partial charge in [-0.25, -0.2) is 4.39 Å². The maximum absolute atomic E-state index is 13.6. The highest BCUT2D eigenvalue weighted by molar-refractivity contribution is 6.11. The summed E-state index contributed by atoms with van der Waals surface area (Å²) < 4.78 is 23.9. The van der Waals surface area contributed by atoms with Gasteiger partial charge in [-0.15, -0.1) is 0 Å². The summed E-state index contributed by atoms with van der Waals surface area (Å²) in [5.74, 6) is -0.443. The molecule has 5 heteroatoms. The fraction of sp³-hybridized carbons (Fsp3) is 0.143. The highest BCUT2D eigenvalue weighted by atomic mass is 19.1. The second-order valence-corrected chi connectivity index (χ2v) is 3.73. The van der Waals surface area contributed by atoms with Gasteiger partial charge in [0.25, 0.3) is 0 Å². The molecule has 0 fully saturated rings. The number of carbonyl (C=O) groups excluding carboxylic acids is 1. The number of aromatic nitrogens is 1. The highest BCUT2D eigenvalue weighted by Gasteiger charge is 2.20. The summed E-state index contributed by atoms with van der Waals surface area (Å²) in [5, 5.41) is 0. The second kappa shape index (κ2) is 5.48. The number of ether oxygens (including phenoxy) is 2. The van der Waals surface area contributed by atoms with Crippen LogP contribution in [0.5, 0.6) is 11.5 Å². The first-order chi connectivity index (χ1) is 9.19. The van der Waals surface area contributed by atoms with Gasteiger partial charge < -0.3 is 9.47 Å². The van der Waals surface area contributed by atoms with E-state index in [0.29, 0.717) is 5.75 Å². The zero-order valence-corrected chi connectivity index (χ0v) is 10.5. The van der Waals surface area contributed by atoms with E-state index in [2.05, 4.69) is 4.98 Å². The van der Waals surface area contributed by atoms with E-state index in [0.717, 1.165) is 6.20 Å². The number of para-hydroxylation sites is 1. The number of halogens is 1. The summed E-state index contributed by atoms with van der Waals surface area (Å²) in [6.45, 7) is 0. The molecule has 0 atom stereocenters. The standard InChI is InChI=1S/C14H12FNO3/c1-18-12-5-3-4-10(14(12)19-2)13(17)9-6-7-16-8-11(9)15/h3-8H,1-2H3. The van der Waals surface area contributed by atoms with Crippen molar-refractivity contribution in [2.24, 2.45) is 0 Å². The number of benzene rings is 1. The molecule has 0 saturated carbocycles. The monoisotopic (exact) mass is 261 g/mol. The highest BCUT2D eigenvalue weighted by Crippen LogP contribution is 2.32. The summed E-state index contributed by atoms with van der Waals surface area (Å²) in [7, 11) is 2.90. The molecule has 1 aromatic carbocycles. The number of hydrogen-bond donors (Lipinski definition) is 0. The molecular formula is C14H12FNO3. The molecule has 0 aliphatic rings. The SMILES string of the molecule is COc1cccc(C(=O)c2ccncc2F)c1OC. The molecule has 0 saturated heterocycles. The zero-order valence-electron chi connectivity index (χ0n) is 10.5. The van der Waals surface area contributed by atoms with Gasteiger partial charge in [0.15, 0.2) is 23.1 Å². The summed E-state index contributed by atoms with van der Waals surface area (Å²) in [6, 6.07) is 6.20. The lowest BCUT2D eigenvalue weighted by Gasteiger charge is -2.11. The van der Waals surface area contributed by atoms with Crippen LogP contribution in [0.4, 0.5) is 4.39 Å². The number of pyridine rings is 1. The van der Waals surface area contributed by atoms with E-state index in [4.69, 9.17) is 9.47 Å². The average Bonchev–Trinajstić information content (AvgIpc) is 2.46.